The van der Waals surface area contributed by atoms with Crippen molar-refractivity contribution in [2.24, 2.45) is 5.92 Å². The molecule has 2 amide bonds. The van der Waals surface area contributed by atoms with Gasteiger partial charge in [-0.2, -0.15) is 0 Å². The Balaban J connectivity index is 1.78. The highest BCUT2D eigenvalue weighted by molar-refractivity contribution is 5.96. The first-order valence-corrected chi connectivity index (χ1v) is 13.4. The molecule has 0 fully saturated rings. The van der Waals surface area contributed by atoms with Gasteiger partial charge in [-0.1, -0.05) is 32.0 Å². The van der Waals surface area contributed by atoms with Crippen molar-refractivity contribution in [3.8, 4) is 17.2 Å². The molecule has 0 spiro atoms. The van der Waals surface area contributed by atoms with Gasteiger partial charge in [0.1, 0.15) is 18.0 Å². The molecule has 0 aromatic heterocycles. The number of hydrogen-bond acceptors (Lipinski definition) is 8. The molecule has 4 N–H and O–H groups in total. The molecule has 1 heterocycles. The van der Waals surface area contributed by atoms with Gasteiger partial charge in [0, 0.05) is 30.1 Å². The van der Waals surface area contributed by atoms with E-state index in [-0.39, 0.29) is 38.1 Å². The Kier molecular flexibility index (Phi) is 9.34. The van der Waals surface area contributed by atoms with Gasteiger partial charge in [0.05, 0.1) is 39.4 Å². The van der Waals surface area contributed by atoms with Crippen LogP contribution in [0, 0.1) is 5.92 Å². The number of aliphatic hydroxyl groups excluding tert-OH is 3. The molecule has 0 bridgehead atoms. The maximum absolute atomic E-state index is 13.5. The number of carbonyl (C=O) groups excluding carboxylic acids is 2. The fourth-order valence-corrected chi connectivity index (χ4v) is 5.51. The minimum atomic E-state index is -1.17. The number of amides is 2. The predicted molar refractivity (Wildman–Crippen MR) is 147 cm³/mol. The fraction of sp³-hybridized carbons (Fsp3) is 0.467. The molecule has 10 heteroatoms. The summed E-state index contributed by atoms with van der Waals surface area (Å²) in [4.78, 5) is 28.6. The monoisotopic (exact) mass is 554 g/mol. The highest BCUT2D eigenvalue weighted by Crippen LogP contribution is 2.51. The van der Waals surface area contributed by atoms with Gasteiger partial charge in [-0.3, -0.25) is 9.59 Å². The van der Waals surface area contributed by atoms with Crippen molar-refractivity contribution in [2.45, 2.75) is 51.0 Å². The van der Waals surface area contributed by atoms with Crippen LogP contribution in [0.3, 0.4) is 0 Å². The summed E-state index contributed by atoms with van der Waals surface area (Å²) in [7, 11) is 3.07. The highest BCUT2D eigenvalue weighted by Gasteiger charge is 2.51. The van der Waals surface area contributed by atoms with E-state index >= 15 is 0 Å². The third-order valence-electron chi connectivity index (χ3n) is 7.45. The molecule has 40 heavy (non-hydrogen) atoms. The zero-order valence-corrected chi connectivity index (χ0v) is 23.3. The quantitative estimate of drug-likeness (QED) is 0.328. The van der Waals surface area contributed by atoms with Crippen molar-refractivity contribution in [2.75, 3.05) is 33.9 Å². The molecule has 4 unspecified atom stereocenters. The van der Waals surface area contributed by atoms with Gasteiger partial charge in [-0.25, -0.2) is 0 Å². The molecule has 2 aliphatic rings. The van der Waals surface area contributed by atoms with Crippen LogP contribution in [-0.4, -0.2) is 84.2 Å². The van der Waals surface area contributed by atoms with E-state index in [1.165, 1.54) is 7.11 Å². The lowest BCUT2D eigenvalue weighted by Gasteiger charge is -2.41. The van der Waals surface area contributed by atoms with Gasteiger partial charge in [-0.05, 0) is 41.8 Å². The van der Waals surface area contributed by atoms with E-state index in [2.05, 4.69) is 5.32 Å². The van der Waals surface area contributed by atoms with E-state index in [9.17, 15) is 24.9 Å². The Labute approximate surface area is 234 Å². The Morgan fingerprint density at radius 2 is 1.82 bits per heavy atom. The van der Waals surface area contributed by atoms with Crippen LogP contribution < -0.4 is 19.5 Å². The van der Waals surface area contributed by atoms with Gasteiger partial charge in [0.2, 0.25) is 11.8 Å². The molecule has 2 aromatic carbocycles. The van der Waals surface area contributed by atoms with Gasteiger partial charge in [0.15, 0.2) is 11.5 Å². The number of nitrogens with zero attached hydrogens (tertiary/aromatic N) is 1. The number of fused-ring (bicyclic) bond motifs is 3. The first-order chi connectivity index (χ1) is 19.2. The van der Waals surface area contributed by atoms with E-state index < -0.39 is 30.1 Å². The molecule has 0 saturated heterocycles. The minimum absolute atomic E-state index is 0.0386. The summed E-state index contributed by atoms with van der Waals surface area (Å²) in [6, 6.07) is 10.1. The standard InChI is InChI=1S/C30H38N2O8/c1-17(2)30(37)32(11-9-19-7-5-6-8-23(19)38-3)22-15-21(29(36)31-10-12-33)25-20-13-18(16-34)14-24(39-4)27(20)40-28(25)26(22)35/h5-8,13-15,17,22,25-26,28,33-35H,9-12,16H2,1-4H3,(H,31,36). The highest BCUT2D eigenvalue weighted by atomic mass is 16.5. The predicted octanol–water partition coefficient (Wildman–Crippen LogP) is 1.55. The molecule has 4 atom stereocenters. The summed E-state index contributed by atoms with van der Waals surface area (Å²) in [6.07, 6.45) is 0.0392. The molecule has 0 saturated carbocycles. The second-order valence-corrected chi connectivity index (χ2v) is 10.3. The third kappa shape index (κ3) is 5.65. The van der Waals surface area contributed by atoms with Gasteiger partial charge < -0.3 is 39.7 Å². The number of aliphatic hydroxyl groups is 3. The van der Waals surface area contributed by atoms with Crippen LogP contribution in [0.5, 0.6) is 17.2 Å². The van der Waals surface area contributed by atoms with Crippen molar-refractivity contribution in [1.82, 2.24) is 10.2 Å². The third-order valence-corrected chi connectivity index (χ3v) is 7.45. The molecule has 1 aliphatic carbocycles. The summed E-state index contributed by atoms with van der Waals surface area (Å²) < 4.78 is 17.3. The summed E-state index contributed by atoms with van der Waals surface area (Å²) in [5, 5.41) is 33.6. The van der Waals surface area contributed by atoms with Gasteiger partial charge >= 0.3 is 0 Å². The number of nitrogens with one attached hydrogen (secondary N) is 1. The largest absolute Gasteiger partial charge is 0.496 e. The van der Waals surface area contributed by atoms with Crippen LogP contribution in [0.2, 0.25) is 0 Å². The topological polar surface area (TPSA) is 138 Å². The molecule has 1 aliphatic heterocycles. The van der Waals surface area contributed by atoms with Gasteiger partial charge in [-0.15, -0.1) is 0 Å². The number of para-hydroxylation sites is 1. The molecular formula is C30H38N2O8. The lowest BCUT2D eigenvalue weighted by Crippen LogP contribution is -2.56. The Morgan fingerprint density at radius 1 is 1.10 bits per heavy atom. The van der Waals surface area contributed by atoms with Crippen molar-refractivity contribution in [3.05, 3.63) is 64.7 Å². The van der Waals surface area contributed by atoms with Crippen molar-refractivity contribution in [1.29, 1.82) is 0 Å². The molecule has 10 nitrogen and oxygen atoms in total. The number of methoxy groups -OCH3 is 2. The lowest BCUT2D eigenvalue weighted by atomic mass is 9.77. The number of hydrogen-bond donors (Lipinski definition) is 4. The van der Waals surface area contributed by atoms with Gasteiger partial charge in [0.25, 0.3) is 0 Å². The first kappa shape index (κ1) is 29.4. The Bertz CT molecular complexity index is 1260. The van der Waals surface area contributed by atoms with E-state index in [0.717, 1.165) is 5.56 Å². The first-order valence-electron chi connectivity index (χ1n) is 13.4. The molecule has 2 aromatic rings. The van der Waals surface area contributed by atoms with Crippen LogP contribution in [0.25, 0.3) is 0 Å². The van der Waals surface area contributed by atoms with Crippen LogP contribution >= 0.6 is 0 Å². The second-order valence-electron chi connectivity index (χ2n) is 10.3. The number of ether oxygens (including phenoxy) is 3. The number of rotatable bonds is 11. The Hall–Kier alpha value is -3.60. The molecular weight excluding hydrogens is 516 g/mol. The van der Waals surface area contributed by atoms with Crippen LogP contribution in [-0.2, 0) is 22.6 Å². The molecule has 0 radical (unpaired) electrons. The number of carbonyl (C=O) groups is 2. The maximum atomic E-state index is 13.5. The van der Waals surface area contributed by atoms with E-state index in [1.54, 1.807) is 44.1 Å². The number of benzene rings is 2. The summed E-state index contributed by atoms with van der Waals surface area (Å²) in [5.74, 6) is -0.203. The van der Waals surface area contributed by atoms with E-state index in [1.807, 2.05) is 24.3 Å². The maximum Gasteiger partial charge on any atom is 0.247 e. The second kappa shape index (κ2) is 12.7. The SMILES string of the molecule is COc1ccccc1CCN(C(=O)C(C)C)C1C=C(C(=O)NCCO)C2c3cc(CO)cc(OC)c3OC2C1O. The van der Waals surface area contributed by atoms with E-state index in [0.29, 0.717) is 40.4 Å². The van der Waals surface area contributed by atoms with Crippen molar-refractivity contribution in [3.63, 3.8) is 0 Å². The minimum Gasteiger partial charge on any atom is -0.496 e. The average Bonchev–Trinajstić information content (AvgIpc) is 3.36. The van der Waals surface area contributed by atoms with Crippen molar-refractivity contribution >= 4 is 11.8 Å². The lowest BCUT2D eigenvalue weighted by molar-refractivity contribution is -0.140. The fourth-order valence-electron chi connectivity index (χ4n) is 5.51. The van der Waals surface area contributed by atoms with Crippen LogP contribution in [0.15, 0.2) is 48.0 Å². The van der Waals surface area contributed by atoms with Crippen molar-refractivity contribution < 1.29 is 39.1 Å². The molecule has 216 valence electrons. The normalized spacial score (nSPS) is 21.1. The van der Waals surface area contributed by atoms with Crippen LogP contribution in [0.4, 0.5) is 0 Å². The average molecular weight is 555 g/mol. The summed E-state index contributed by atoms with van der Waals surface area (Å²) >= 11 is 0. The Morgan fingerprint density at radius 3 is 2.48 bits per heavy atom. The summed E-state index contributed by atoms with van der Waals surface area (Å²) in [6.45, 7) is 3.39. The zero-order chi connectivity index (χ0) is 29.0. The van der Waals surface area contributed by atoms with Crippen LogP contribution in [0.1, 0.15) is 36.5 Å². The van der Waals surface area contributed by atoms with E-state index in [4.69, 9.17) is 14.2 Å². The smallest absolute Gasteiger partial charge is 0.247 e. The molecule has 4 rings (SSSR count). The zero-order valence-electron chi connectivity index (χ0n) is 23.3. The summed E-state index contributed by atoms with van der Waals surface area (Å²) in [5.41, 5.74) is 2.39.